The lowest BCUT2D eigenvalue weighted by Gasteiger charge is -2.07. The fraction of sp³-hybridized carbons (Fsp3) is 0.417. The number of carbonyl (C=O) groups excluding carboxylic acids is 1. The van der Waals surface area contributed by atoms with Gasteiger partial charge in [-0.05, 0) is 18.1 Å². The standard InChI is InChI=1S/C12H15N3OS/c1-8(2)10-11(16)15-12(17-10)14-7-9-5-3-4-6-13-9/h3-6,8,10H,7H2,1-2H3,(H,14,15,16). The van der Waals surface area contributed by atoms with E-state index in [1.54, 1.807) is 6.20 Å². The van der Waals surface area contributed by atoms with Crippen molar-refractivity contribution < 1.29 is 4.79 Å². The Labute approximate surface area is 105 Å². The molecule has 4 nitrogen and oxygen atoms in total. The summed E-state index contributed by atoms with van der Waals surface area (Å²) in [7, 11) is 0. The van der Waals surface area contributed by atoms with Crippen LogP contribution in [0.1, 0.15) is 19.5 Å². The van der Waals surface area contributed by atoms with Crippen molar-refractivity contribution in [3.8, 4) is 0 Å². The summed E-state index contributed by atoms with van der Waals surface area (Å²) in [5.74, 6) is 0.382. The number of rotatable bonds is 3. The third-order valence-electron chi connectivity index (χ3n) is 2.44. The Morgan fingerprint density at radius 3 is 2.94 bits per heavy atom. The number of aromatic nitrogens is 1. The van der Waals surface area contributed by atoms with Crippen molar-refractivity contribution in [2.75, 3.05) is 0 Å². The largest absolute Gasteiger partial charge is 0.304 e. The van der Waals surface area contributed by atoms with E-state index in [0.29, 0.717) is 17.6 Å². The second-order valence-corrected chi connectivity index (χ2v) is 5.34. The Hall–Kier alpha value is -1.36. The molecule has 17 heavy (non-hydrogen) atoms. The van der Waals surface area contributed by atoms with Crippen LogP contribution >= 0.6 is 11.8 Å². The van der Waals surface area contributed by atoms with Crippen LogP contribution in [0, 0.1) is 5.92 Å². The summed E-state index contributed by atoms with van der Waals surface area (Å²) in [6.07, 6.45) is 1.74. The van der Waals surface area contributed by atoms with Crippen molar-refractivity contribution in [1.29, 1.82) is 0 Å². The monoisotopic (exact) mass is 249 g/mol. The third-order valence-corrected chi connectivity index (χ3v) is 3.91. The van der Waals surface area contributed by atoms with Crippen molar-refractivity contribution in [3.63, 3.8) is 0 Å². The first-order valence-electron chi connectivity index (χ1n) is 5.58. The summed E-state index contributed by atoms with van der Waals surface area (Å²) in [5, 5.41) is 3.49. The first-order chi connectivity index (χ1) is 8.16. The van der Waals surface area contributed by atoms with Crippen LogP contribution in [0.2, 0.25) is 0 Å². The highest BCUT2D eigenvalue weighted by molar-refractivity contribution is 8.15. The van der Waals surface area contributed by atoms with E-state index >= 15 is 0 Å². The Bertz CT molecular complexity index is 431. The van der Waals surface area contributed by atoms with Gasteiger partial charge in [-0.2, -0.15) is 0 Å². The number of nitrogens with zero attached hydrogens (tertiary/aromatic N) is 2. The van der Waals surface area contributed by atoms with Gasteiger partial charge in [0.25, 0.3) is 0 Å². The van der Waals surface area contributed by atoms with Crippen LogP contribution in [0.25, 0.3) is 0 Å². The molecule has 1 amide bonds. The topological polar surface area (TPSA) is 54.4 Å². The Kier molecular flexibility index (Phi) is 3.78. The van der Waals surface area contributed by atoms with Gasteiger partial charge in [0.1, 0.15) is 0 Å². The molecule has 1 unspecified atom stereocenters. The Morgan fingerprint density at radius 2 is 2.35 bits per heavy atom. The molecule has 1 fully saturated rings. The van der Waals surface area contributed by atoms with E-state index in [9.17, 15) is 4.79 Å². The SMILES string of the molecule is CC(C)C1SC(=NCc2ccccn2)NC1=O. The average molecular weight is 249 g/mol. The Balaban J connectivity index is 1.99. The molecule has 2 rings (SSSR count). The lowest BCUT2D eigenvalue weighted by atomic mass is 10.1. The molecule has 1 aliphatic heterocycles. The second-order valence-electron chi connectivity index (χ2n) is 4.21. The highest BCUT2D eigenvalue weighted by Gasteiger charge is 2.32. The highest BCUT2D eigenvalue weighted by Crippen LogP contribution is 2.25. The maximum atomic E-state index is 11.6. The molecule has 90 valence electrons. The fourth-order valence-electron chi connectivity index (χ4n) is 1.54. The Morgan fingerprint density at radius 1 is 1.53 bits per heavy atom. The lowest BCUT2D eigenvalue weighted by molar-refractivity contribution is -0.119. The minimum Gasteiger partial charge on any atom is -0.304 e. The van der Waals surface area contributed by atoms with Gasteiger partial charge in [-0.15, -0.1) is 0 Å². The molecule has 0 radical (unpaired) electrons. The van der Waals surface area contributed by atoms with Crippen LogP contribution in [-0.2, 0) is 11.3 Å². The van der Waals surface area contributed by atoms with Crippen LogP contribution in [-0.4, -0.2) is 21.3 Å². The number of amides is 1. The molecule has 0 aromatic carbocycles. The van der Waals surface area contributed by atoms with Gasteiger partial charge >= 0.3 is 0 Å². The minimum atomic E-state index is -0.0162. The van der Waals surface area contributed by atoms with Crippen LogP contribution < -0.4 is 5.32 Å². The predicted octanol–water partition coefficient (Wildman–Crippen LogP) is 1.83. The van der Waals surface area contributed by atoms with Gasteiger partial charge in [0, 0.05) is 6.20 Å². The van der Waals surface area contributed by atoms with Gasteiger partial charge < -0.3 is 5.32 Å². The van der Waals surface area contributed by atoms with E-state index < -0.39 is 0 Å². The summed E-state index contributed by atoms with van der Waals surface area (Å²) < 4.78 is 0. The van der Waals surface area contributed by atoms with Crippen molar-refractivity contribution in [2.24, 2.45) is 10.9 Å². The number of carbonyl (C=O) groups is 1. The molecular formula is C12H15N3OS. The molecule has 0 saturated carbocycles. The molecule has 2 heterocycles. The first-order valence-corrected chi connectivity index (χ1v) is 6.46. The summed E-state index contributed by atoms with van der Waals surface area (Å²) >= 11 is 1.51. The van der Waals surface area contributed by atoms with E-state index in [-0.39, 0.29) is 11.2 Å². The van der Waals surface area contributed by atoms with E-state index in [0.717, 1.165) is 5.69 Å². The molecule has 0 aliphatic carbocycles. The maximum Gasteiger partial charge on any atom is 0.239 e. The van der Waals surface area contributed by atoms with Gasteiger partial charge in [-0.25, -0.2) is 0 Å². The van der Waals surface area contributed by atoms with E-state index in [4.69, 9.17) is 0 Å². The average Bonchev–Trinajstić information content (AvgIpc) is 2.69. The maximum absolute atomic E-state index is 11.6. The molecule has 0 bridgehead atoms. The molecule has 1 saturated heterocycles. The van der Waals surface area contributed by atoms with Crippen molar-refractivity contribution in [3.05, 3.63) is 30.1 Å². The van der Waals surface area contributed by atoms with Crippen molar-refractivity contribution in [2.45, 2.75) is 25.6 Å². The molecule has 5 heteroatoms. The minimum absolute atomic E-state index is 0.0162. The van der Waals surface area contributed by atoms with Gasteiger partial charge in [0.2, 0.25) is 5.91 Å². The van der Waals surface area contributed by atoms with Gasteiger partial charge in [0.15, 0.2) is 5.17 Å². The van der Waals surface area contributed by atoms with Crippen molar-refractivity contribution >= 4 is 22.8 Å². The van der Waals surface area contributed by atoms with Crippen LogP contribution in [0.4, 0.5) is 0 Å². The number of thioether (sulfide) groups is 1. The zero-order valence-electron chi connectivity index (χ0n) is 9.88. The zero-order chi connectivity index (χ0) is 12.3. The van der Waals surface area contributed by atoms with Crippen LogP contribution in [0.15, 0.2) is 29.4 Å². The summed E-state index contributed by atoms with van der Waals surface area (Å²) in [6.45, 7) is 4.59. The molecule has 1 aliphatic rings. The number of hydrogen-bond donors (Lipinski definition) is 1. The number of pyridine rings is 1. The molecule has 0 spiro atoms. The van der Waals surface area contributed by atoms with Gasteiger partial charge in [-0.1, -0.05) is 31.7 Å². The fourth-order valence-corrected chi connectivity index (χ4v) is 2.52. The molecule has 1 N–H and O–H groups in total. The molecular weight excluding hydrogens is 234 g/mol. The summed E-state index contributed by atoms with van der Waals surface area (Å²) in [4.78, 5) is 20.2. The predicted molar refractivity (Wildman–Crippen MR) is 69.7 cm³/mol. The number of nitrogens with one attached hydrogen (secondary N) is 1. The van der Waals surface area contributed by atoms with Crippen LogP contribution in [0.5, 0.6) is 0 Å². The second kappa shape index (κ2) is 5.31. The van der Waals surface area contributed by atoms with E-state index in [1.165, 1.54) is 11.8 Å². The molecule has 1 aromatic rings. The smallest absolute Gasteiger partial charge is 0.239 e. The highest BCUT2D eigenvalue weighted by atomic mass is 32.2. The van der Waals surface area contributed by atoms with Gasteiger partial charge in [0.05, 0.1) is 17.5 Å². The lowest BCUT2D eigenvalue weighted by Crippen LogP contribution is -2.27. The normalized spacial score (nSPS) is 22.2. The van der Waals surface area contributed by atoms with Gasteiger partial charge in [-0.3, -0.25) is 14.8 Å². The first kappa shape index (κ1) is 12.1. The van der Waals surface area contributed by atoms with E-state index in [1.807, 2.05) is 32.0 Å². The quantitative estimate of drug-likeness (QED) is 0.889. The van der Waals surface area contributed by atoms with Crippen molar-refractivity contribution in [1.82, 2.24) is 10.3 Å². The molecule has 1 atom stereocenters. The summed E-state index contributed by atoms with van der Waals surface area (Å²) in [5.41, 5.74) is 0.905. The number of amidine groups is 1. The summed E-state index contributed by atoms with van der Waals surface area (Å²) in [6, 6.07) is 5.72. The third kappa shape index (κ3) is 3.06. The van der Waals surface area contributed by atoms with E-state index in [2.05, 4.69) is 15.3 Å². The zero-order valence-corrected chi connectivity index (χ0v) is 10.7. The number of hydrogen-bond acceptors (Lipinski definition) is 4. The van der Waals surface area contributed by atoms with Crippen LogP contribution in [0.3, 0.4) is 0 Å². The molecule has 1 aromatic heterocycles. The number of aliphatic imine (C=N–C) groups is 1.